The Balaban J connectivity index is 2.46. The van der Waals surface area contributed by atoms with E-state index in [2.05, 4.69) is 71.6 Å². The zero-order valence-corrected chi connectivity index (χ0v) is 14.4. The largest absolute Gasteiger partial charge is 0.494 e. The molecule has 0 aliphatic heterocycles. The zero-order chi connectivity index (χ0) is 14.5. The van der Waals surface area contributed by atoms with Gasteiger partial charge in [0.05, 0.1) is 11.4 Å². The molecular formula is C17H19BrOS. The van der Waals surface area contributed by atoms with Crippen molar-refractivity contribution in [3.05, 3.63) is 59.2 Å². The molecule has 0 aliphatic rings. The van der Waals surface area contributed by atoms with Gasteiger partial charge in [-0.15, -0.1) is 11.8 Å². The van der Waals surface area contributed by atoms with Gasteiger partial charge in [-0.05, 0) is 37.8 Å². The number of halogens is 1. The average Bonchev–Trinajstić information content (AvgIpc) is 2.48. The summed E-state index contributed by atoms with van der Waals surface area (Å²) in [7, 11) is 0. The Morgan fingerprint density at radius 1 is 1.15 bits per heavy atom. The Bertz CT molecular complexity index is 583. The summed E-state index contributed by atoms with van der Waals surface area (Å²) in [5, 5.41) is 0. The van der Waals surface area contributed by atoms with Gasteiger partial charge in [-0.2, -0.15) is 0 Å². The van der Waals surface area contributed by atoms with Gasteiger partial charge in [0.25, 0.3) is 0 Å². The smallest absolute Gasteiger partial charge is 0.123 e. The fraction of sp³-hybridized carbons (Fsp3) is 0.294. The zero-order valence-electron chi connectivity index (χ0n) is 12.0. The van der Waals surface area contributed by atoms with Crippen LogP contribution in [0.2, 0.25) is 0 Å². The Morgan fingerprint density at radius 3 is 2.60 bits per heavy atom. The Hall–Kier alpha value is -0.930. The minimum Gasteiger partial charge on any atom is -0.494 e. The molecule has 3 heteroatoms. The number of rotatable bonds is 5. The lowest BCUT2D eigenvalue weighted by atomic mass is 10.0. The van der Waals surface area contributed by atoms with E-state index < -0.39 is 0 Å². The molecule has 0 aromatic heterocycles. The highest BCUT2D eigenvalue weighted by Gasteiger charge is 2.18. The number of aryl methyl sites for hydroxylation is 1. The van der Waals surface area contributed by atoms with Gasteiger partial charge in [-0.1, -0.05) is 51.8 Å². The van der Waals surface area contributed by atoms with Crippen LogP contribution in [0.5, 0.6) is 5.75 Å². The van der Waals surface area contributed by atoms with Crippen LogP contribution < -0.4 is 4.74 Å². The number of thioether (sulfide) groups is 1. The topological polar surface area (TPSA) is 9.23 Å². The van der Waals surface area contributed by atoms with Gasteiger partial charge in [-0.25, -0.2) is 0 Å². The van der Waals surface area contributed by atoms with Crippen LogP contribution in [0.25, 0.3) is 0 Å². The summed E-state index contributed by atoms with van der Waals surface area (Å²) < 4.78 is 5.77. The van der Waals surface area contributed by atoms with Crippen molar-refractivity contribution >= 4 is 27.7 Å². The highest BCUT2D eigenvalue weighted by atomic mass is 79.9. The number of alkyl halides is 1. The SMILES string of the molecule is CCOc1ccc(C)cc1C(Br)c1ccccc1SC. The lowest BCUT2D eigenvalue weighted by Gasteiger charge is -2.18. The Labute approximate surface area is 133 Å². The molecule has 0 spiro atoms. The molecular weight excluding hydrogens is 332 g/mol. The molecule has 0 fully saturated rings. The van der Waals surface area contributed by atoms with Crippen LogP contribution in [-0.2, 0) is 0 Å². The molecule has 0 bridgehead atoms. The van der Waals surface area contributed by atoms with Crippen LogP contribution in [-0.4, -0.2) is 12.9 Å². The molecule has 0 saturated carbocycles. The molecule has 2 aromatic carbocycles. The summed E-state index contributed by atoms with van der Waals surface area (Å²) in [5.41, 5.74) is 3.72. The van der Waals surface area contributed by atoms with E-state index in [0.717, 1.165) is 5.75 Å². The summed E-state index contributed by atoms with van der Waals surface area (Å²) in [6.07, 6.45) is 2.11. The first kappa shape index (κ1) is 15.5. The molecule has 20 heavy (non-hydrogen) atoms. The van der Waals surface area contributed by atoms with Crippen LogP contribution >= 0.6 is 27.7 Å². The molecule has 2 rings (SSSR count). The van der Waals surface area contributed by atoms with E-state index >= 15 is 0 Å². The average molecular weight is 351 g/mol. The maximum absolute atomic E-state index is 5.77. The Kier molecular flexibility index (Phi) is 5.55. The van der Waals surface area contributed by atoms with E-state index in [4.69, 9.17) is 4.74 Å². The van der Waals surface area contributed by atoms with Crippen molar-refractivity contribution in [3.63, 3.8) is 0 Å². The van der Waals surface area contributed by atoms with Gasteiger partial charge < -0.3 is 4.74 Å². The third-order valence-corrected chi connectivity index (χ3v) is 4.95. The molecule has 0 heterocycles. The quantitative estimate of drug-likeness (QED) is 0.512. The first-order chi connectivity index (χ1) is 9.67. The highest BCUT2D eigenvalue weighted by Crippen LogP contribution is 2.40. The number of hydrogen-bond acceptors (Lipinski definition) is 2. The molecule has 106 valence electrons. The standard InChI is InChI=1S/C17H19BrOS/c1-4-19-15-10-9-12(2)11-14(15)17(18)13-7-5-6-8-16(13)20-3/h5-11,17H,4H2,1-3H3. The van der Waals surface area contributed by atoms with Crippen LogP contribution in [0.3, 0.4) is 0 Å². The number of ether oxygens (including phenoxy) is 1. The summed E-state index contributed by atoms with van der Waals surface area (Å²) in [5.74, 6) is 0.955. The third kappa shape index (κ3) is 3.39. The van der Waals surface area contributed by atoms with E-state index in [1.54, 1.807) is 11.8 Å². The molecule has 1 atom stereocenters. The van der Waals surface area contributed by atoms with Gasteiger partial charge in [0.15, 0.2) is 0 Å². The van der Waals surface area contributed by atoms with E-state index in [1.807, 2.05) is 6.92 Å². The predicted octanol–water partition coefficient (Wildman–Crippen LogP) is 5.60. The van der Waals surface area contributed by atoms with Crippen LogP contribution in [0.15, 0.2) is 47.4 Å². The van der Waals surface area contributed by atoms with Crippen LogP contribution in [0, 0.1) is 6.92 Å². The second-order valence-electron chi connectivity index (χ2n) is 4.58. The fourth-order valence-corrected chi connectivity index (χ4v) is 3.74. The second kappa shape index (κ2) is 7.19. The molecule has 0 radical (unpaired) electrons. The molecule has 0 amide bonds. The summed E-state index contributed by atoms with van der Waals surface area (Å²) in [6, 6.07) is 14.8. The first-order valence-electron chi connectivity index (χ1n) is 6.67. The lowest BCUT2D eigenvalue weighted by molar-refractivity contribution is 0.337. The summed E-state index contributed by atoms with van der Waals surface area (Å²) >= 11 is 5.62. The highest BCUT2D eigenvalue weighted by molar-refractivity contribution is 9.09. The van der Waals surface area contributed by atoms with Gasteiger partial charge in [0.1, 0.15) is 5.75 Å². The van der Waals surface area contributed by atoms with Crippen molar-refractivity contribution in [2.24, 2.45) is 0 Å². The van der Waals surface area contributed by atoms with E-state index in [1.165, 1.54) is 21.6 Å². The summed E-state index contributed by atoms with van der Waals surface area (Å²) in [6.45, 7) is 4.81. The van der Waals surface area contributed by atoms with Crippen LogP contribution in [0.1, 0.15) is 28.4 Å². The number of benzene rings is 2. The maximum Gasteiger partial charge on any atom is 0.123 e. The van der Waals surface area contributed by atoms with Crippen molar-refractivity contribution in [2.75, 3.05) is 12.9 Å². The van der Waals surface area contributed by atoms with E-state index in [-0.39, 0.29) is 4.83 Å². The van der Waals surface area contributed by atoms with Crippen molar-refractivity contribution in [3.8, 4) is 5.75 Å². The minimum absolute atomic E-state index is 0.146. The third-order valence-electron chi connectivity index (χ3n) is 3.15. The van der Waals surface area contributed by atoms with E-state index in [0.29, 0.717) is 6.61 Å². The first-order valence-corrected chi connectivity index (χ1v) is 8.81. The van der Waals surface area contributed by atoms with Crippen molar-refractivity contribution in [1.29, 1.82) is 0 Å². The van der Waals surface area contributed by atoms with Gasteiger partial charge in [0, 0.05) is 10.5 Å². The molecule has 1 nitrogen and oxygen atoms in total. The normalized spacial score (nSPS) is 12.2. The fourth-order valence-electron chi connectivity index (χ4n) is 2.20. The van der Waals surface area contributed by atoms with Gasteiger partial charge in [0.2, 0.25) is 0 Å². The van der Waals surface area contributed by atoms with Gasteiger partial charge in [-0.3, -0.25) is 0 Å². The minimum atomic E-state index is 0.146. The summed E-state index contributed by atoms with van der Waals surface area (Å²) in [4.78, 5) is 1.44. The van der Waals surface area contributed by atoms with E-state index in [9.17, 15) is 0 Å². The maximum atomic E-state index is 5.77. The molecule has 0 aliphatic carbocycles. The second-order valence-corrected chi connectivity index (χ2v) is 6.34. The molecule has 1 unspecified atom stereocenters. The van der Waals surface area contributed by atoms with Gasteiger partial charge >= 0.3 is 0 Å². The monoisotopic (exact) mass is 350 g/mol. The number of hydrogen-bond donors (Lipinski definition) is 0. The molecule has 2 aromatic rings. The predicted molar refractivity (Wildman–Crippen MR) is 91.3 cm³/mol. The van der Waals surface area contributed by atoms with Crippen molar-refractivity contribution < 1.29 is 4.74 Å². The Morgan fingerprint density at radius 2 is 1.90 bits per heavy atom. The molecule has 0 N–H and O–H groups in total. The van der Waals surface area contributed by atoms with Crippen molar-refractivity contribution in [1.82, 2.24) is 0 Å². The lowest BCUT2D eigenvalue weighted by Crippen LogP contribution is -2.01. The van der Waals surface area contributed by atoms with Crippen molar-refractivity contribution in [2.45, 2.75) is 23.6 Å². The molecule has 0 saturated heterocycles. The van der Waals surface area contributed by atoms with Crippen LogP contribution in [0.4, 0.5) is 0 Å².